The summed E-state index contributed by atoms with van der Waals surface area (Å²) in [5.41, 5.74) is -0.188. The summed E-state index contributed by atoms with van der Waals surface area (Å²) in [6, 6.07) is 4.04. The molecule has 2 N–H and O–H groups in total. The summed E-state index contributed by atoms with van der Waals surface area (Å²) in [5.74, 6) is 0. The number of carbonyl (C=O) groups is 1. The molecule has 7 heteroatoms. The summed E-state index contributed by atoms with van der Waals surface area (Å²) >= 11 is 0. The molecule has 1 aromatic carbocycles. The number of likely N-dealkylation sites (N-methyl/N-ethyl adjacent to an activating group) is 1. The molecule has 0 aliphatic rings. The molecule has 0 bridgehead atoms. The Morgan fingerprint density at radius 3 is 2.60 bits per heavy atom. The third-order valence-corrected chi connectivity index (χ3v) is 2.63. The van der Waals surface area contributed by atoms with Crippen molar-refractivity contribution < 1.29 is 14.8 Å². The number of nitrogens with zero attached hydrogens (tertiary/aromatic N) is 2. The second-order valence-electron chi connectivity index (χ2n) is 5.36. The van der Waals surface area contributed by atoms with Crippen LogP contribution < -0.4 is 5.32 Å². The van der Waals surface area contributed by atoms with Crippen molar-refractivity contribution in [3.05, 3.63) is 33.9 Å². The van der Waals surface area contributed by atoms with Crippen LogP contribution in [0.3, 0.4) is 0 Å². The number of carbonyl (C=O) groups excluding carboxylic acids is 1. The predicted molar refractivity (Wildman–Crippen MR) is 75.8 cm³/mol. The molecule has 20 heavy (non-hydrogen) atoms. The van der Waals surface area contributed by atoms with Crippen LogP contribution in [0.25, 0.3) is 0 Å². The molecule has 1 rings (SSSR count). The highest BCUT2D eigenvalue weighted by Gasteiger charge is 2.20. The van der Waals surface area contributed by atoms with Crippen molar-refractivity contribution in [2.24, 2.45) is 0 Å². The van der Waals surface area contributed by atoms with Gasteiger partial charge in [0.2, 0.25) is 0 Å². The van der Waals surface area contributed by atoms with Crippen LogP contribution in [0.4, 0.5) is 16.2 Å². The van der Waals surface area contributed by atoms with Crippen LogP contribution in [0.1, 0.15) is 19.4 Å². The van der Waals surface area contributed by atoms with E-state index >= 15 is 0 Å². The van der Waals surface area contributed by atoms with Crippen molar-refractivity contribution in [1.29, 1.82) is 0 Å². The third kappa shape index (κ3) is 4.51. The molecule has 0 aliphatic carbocycles. The zero-order valence-corrected chi connectivity index (χ0v) is 12.0. The predicted octanol–water partition coefficient (Wildman–Crippen LogP) is 2.14. The van der Waals surface area contributed by atoms with Gasteiger partial charge in [0, 0.05) is 24.4 Å². The van der Waals surface area contributed by atoms with Crippen molar-refractivity contribution >= 4 is 17.4 Å². The van der Waals surface area contributed by atoms with Gasteiger partial charge < -0.3 is 15.3 Å². The second kappa shape index (κ2) is 5.87. The summed E-state index contributed by atoms with van der Waals surface area (Å²) < 4.78 is 0. The Kier molecular flexibility index (Phi) is 4.67. The molecule has 0 fully saturated rings. The number of aryl methyl sites for hydroxylation is 1. The first-order valence-electron chi connectivity index (χ1n) is 6.10. The maximum Gasteiger partial charge on any atom is 0.321 e. The van der Waals surface area contributed by atoms with Crippen molar-refractivity contribution in [2.45, 2.75) is 26.4 Å². The molecule has 0 heterocycles. The van der Waals surface area contributed by atoms with Gasteiger partial charge in [0.1, 0.15) is 0 Å². The normalized spacial score (nSPS) is 11.1. The van der Waals surface area contributed by atoms with Gasteiger partial charge in [-0.15, -0.1) is 0 Å². The first kappa shape index (κ1) is 15.9. The molecule has 2 amide bonds. The quantitative estimate of drug-likeness (QED) is 0.652. The summed E-state index contributed by atoms with van der Waals surface area (Å²) in [4.78, 5) is 23.5. The largest absolute Gasteiger partial charge is 0.389 e. The van der Waals surface area contributed by atoms with E-state index in [1.54, 1.807) is 32.9 Å². The zero-order chi connectivity index (χ0) is 15.5. The minimum Gasteiger partial charge on any atom is -0.389 e. The molecule has 0 saturated carbocycles. The first-order chi connectivity index (χ1) is 9.10. The lowest BCUT2D eigenvalue weighted by molar-refractivity contribution is -0.385. The molecule has 0 saturated heterocycles. The number of hydrogen-bond donors (Lipinski definition) is 2. The number of nitro benzene ring substituents is 1. The zero-order valence-electron chi connectivity index (χ0n) is 12.0. The summed E-state index contributed by atoms with van der Waals surface area (Å²) in [6.45, 7) is 4.96. The van der Waals surface area contributed by atoms with Gasteiger partial charge in [-0.1, -0.05) is 6.07 Å². The summed E-state index contributed by atoms with van der Waals surface area (Å²) in [5, 5.41) is 23.0. The van der Waals surface area contributed by atoms with Crippen LogP contribution in [0, 0.1) is 17.0 Å². The van der Waals surface area contributed by atoms with Gasteiger partial charge in [0.25, 0.3) is 5.69 Å². The molecule has 0 unspecified atom stereocenters. The van der Waals surface area contributed by atoms with Gasteiger partial charge in [-0.3, -0.25) is 10.1 Å². The topological polar surface area (TPSA) is 95.7 Å². The van der Waals surface area contributed by atoms with Crippen molar-refractivity contribution in [2.75, 3.05) is 18.9 Å². The van der Waals surface area contributed by atoms with Crippen molar-refractivity contribution in [3.63, 3.8) is 0 Å². The monoisotopic (exact) mass is 281 g/mol. The maximum absolute atomic E-state index is 11.9. The Bertz CT molecular complexity index is 523. The number of rotatable bonds is 4. The molecule has 0 aliphatic heterocycles. The molecule has 1 aromatic rings. The van der Waals surface area contributed by atoms with Crippen LogP contribution in [-0.2, 0) is 0 Å². The van der Waals surface area contributed by atoms with Gasteiger partial charge in [0.05, 0.1) is 17.1 Å². The van der Waals surface area contributed by atoms with E-state index in [2.05, 4.69) is 5.32 Å². The molecular formula is C13H19N3O4. The minimum absolute atomic E-state index is 0.0482. The third-order valence-electron chi connectivity index (χ3n) is 2.63. The average Bonchev–Trinajstić information content (AvgIpc) is 2.28. The van der Waals surface area contributed by atoms with E-state index in [0.717, 1.165) is 0 Å². The number of nitrogens with one attached hydrogen (secondary N) is 1. The fourth-order valence-corrected chi connectivity index (χ4v) is 1.75. The van der Waals surface area contributed by atoms with Gasteiger partial charge >= 0.3 is 6.03 Å². The number of anilines is 1. The highest BCUT2D eigenvalue weighted by atomic mass is 16.6. The standard InChI is InChI=1S/C13H19N3O4/c1-9-5-6-10(7-11(9)16(19)20)14-12(17)15(4)8-13(2,3)18/h5-7,18H,8H2,1-4H3,(H,14,17). The maximum atomic E-state index is 11.9. The Morgan fingerprint density at radius 2 is 2.10 bits per heavy atom. The number of benzene rings is 1. The smallest absolute Gasteiger partial charge is 0.321 e. The Morgan fingerprint density at radius 1 is 1.50 bits per heavy atom. The summed E-state index contributed by atoms with van der Waals surface area (Å²) in [7, 11) is 1.54. The number of urea groups is 1. The Hall–Kier alpha value is -2.15. The first-order valence-corrected chi connectivity index (χ1v) is 6.10. The Labute approximate surface area is 117 Å². The SMILES string of the molecule is Cc1ccc(NC(=O)N(C)CC(C)(C)O)cc1[N+](=O)[O-]. The van der Waals surface area contributed by atoms with Gasteiger partial charge in [-0.2, -0.15) is 0 Å². The molecule has 0 radical (unpaired) electrons. The van der Waals surface area contributed by atoms with Crippen LogP contribution in [0.5, 0.6) is 0 Å². The molecule has 0 spiro atoms. The van der Waals surface area contributed by atoms with E-state index in [9.17, 15) is 20.0 Å². The summed E-state index contributed by atoms with van der Waals surface area (Å²) in [6.07, 6.45) is 0. The second-order valence-corrected chi connectivity index (χ2v) is 5.36. The minimum atomic E-state index is -1.01. The van der Waals surface area contributed by atoms with E-state index in [4.69, 9.17) is 0 Å². The lowest BCUT2D eigenvalue weighted by Crippen LogP contribution is -2.41. The van der Waals surface area contributed by atoms with Crippen molar-refractivity contribution in [3.8, 4) is 0 Å². The highest BCUT2D eigenvalue weighted by Crippen LogP contribution is 2.22. The fourth-order valence-electron chi connectivity index (χ4n) is 1.75. The lowest BCUT2D eigenvalue weighted by atomic mass is 10.1. The van der Waals surface area contributed by atoms with E-state index in [1.165, 1.54) is 18.0 Å². The number of aliphatic hydroxyl groups is 1. The Balaban J connectivity index is 2.81. The lowest BCUT2D eigenvalue weighted by Gasteiger charge is -2.25. The van der Waals surface area contributed by atoms with Crippen molar-refractivity contribution in [1.82, 2.24) is 4.90 Å². The molecule has 0 atom stereocenters. The highest BCUT2D eigenvalue weighted by molar-refractivity contribution is 5.89. The van der Waals surface area contributed by atoms with E-state index in [-0.39, 0.29) is 12.2 Å². The molecule has 7 nitrogen and oxygen atoms in total. The van der Waals surface area contributed by atoms with Gasteiger partial charge in [-0.25, -0.2) is 4.79 Å². The van der Waals surface area contributed by atoms with Crippen LogP contribution in [-0.4, -0.2) is 40.2 Å². The van der Waals surface area contributed by atoms with E-state index < -0.39 is 16.6 Å². The van der Waals surface area contributed by atoms with Crippen LogP contribution in [0.15, 0.2) is 18.2 Å². The molecule has 0 aromatic heterocycles. The van der Waals surface area contributed by atoms with Crippen LogP contribution in [0.2, 0.25) is 0 Å². The van der Waals surface area contributed by atoms with Crippen LogP contribution >= 0.6 is 0 Å². The molecule has 110 valence electrons. The fraction of sp³-hybridized carbons (Fsp3) is 0.462. The van der Waals surface area contributed by atoms with Gasteiger partial charge in [0.15, 0.2) is 0 Å². The van der Waals surface area contributed by atoms with Gasteiger partial charge in [-0.05, 0) is 26.8 Å². The number of hydrogen-bond acceptors (Lipinski definition) is 4. The molecular weight excluding hydrogens is 262 g/mol. The number of amides is 2. The van der Waals surface area contributed by atoms with E-state index in [0.29, 0.717) is 11.3 Å². The number of nitro groups is 1. The average molecular weight is 281 g/mol. The van der Waals surface area contributed by atoms with E-state index in [1.807, 2.05) is 0 Å².